The number of hydrogen-bond donors (Lipinski definition) is 0. The highest BCUT2D eigenvalue weighted by atomic mass is 35.5. The number of hydrogen-bond acceptors (Lipinski definition) is 5. The summed E-state index contributed by atoms with van der Waals surface area (Å²) in [6.45, 7) is 3.15. The molecule has 0 bridgehead atoms. The van der Waals surface area contributed by atoms with Gasteiger partial charge in [0.05, 0.1) is 36.7 Å². The molecule has 1 fully saturated rings. The number of halogens is 2. The maximum Gasteiger partial charge on any atom is 0.254 e. The molecule has 39 heavy (non-hydrogen) atoms. The number of methoxy groups -OCH3 is 1. The monoisotopic (exact) mass is 549 g/mol. The average Bonchev–Trinajstić information content (AvgIpc) is 3.56. The number of benzene rings is 3. The number of ether oxygens (including phenoxy) is 3. The van der Waals surface area contributed by atoms with Gasteiger partial charge in [-0.05, 0) is 74.4 Å². The third-order valence-electron chi connectivity index (χ3n) is 6.62. The Morgan fingerprint density at radius 2 is 1.90 bits per heavy atom. The average molecular weight is 550 g/mol. The maximum absolute atomic E-state index is 14.0. The number of carbonyl (C=O) groups excluding carboxylic acids is 1. The minimum Gasteiger partial charge on any atom is -0.497 e. The molecule has 3 aromatic carbocycles. The Kier molecular flexibility index (Phi) is 8.14. The number of aromatic nitrogens is 2. The zero-order valence-electron chi connectivity index (χ0n) is 21.8. The first-order valence-corrected chi connectivity index (χ1v) is 13.1. The van der Waals surface area contributed by atoms with Crippen molar-refractivity contribution in [2.75, 3.05) is 20.3 Å². The molecule has 1 aliphatic heterocycles. The topological polar surface area (TPSA) is 65.8 Å². The first kappa shape index (κ1) is 26.7. The predicted molar refractivity (Wildman–Crippen MR) is 146 cm³/mol. The van der Waals surface area contributed by atoms with E-state index in [1.807, 2.05) is 19.1 Å². The molecule has 1 aliphatic rings. The third kappa shape index (κ3) is 6.24. The SMILES string of the molecule is COc1cccc(C(=O)N(Cc2c(C)nn(-c3ccc(Cl)cc3)c2Oc2cccc(F)c2)C[C@H]2CCCO2)c1. The number of carbonyl (C=O) groups is 1. The fourth-order valence-corrected chi connectivity index (χ4v) is 4.73. The Bertz CT molecular complexity index is 1450. The molecule has 2 heterocycles. The van der Waals surface area contributed by atoms with Gasteiger partial charge in [0.15, 0.2) is 0 Å². The second kappa shape index (κ2) is 11.9. The van der Waals surface area contributed by atoms with E-state index in [-0.39, 0.29) is 18.6 Å². The summed E-state index contributed by atoms with van der Waals surface area (Å²) in [5.41, 5.74) is 2.59. The van der Waals surface area contributed by atoms with Gasteiger partial charge in [0.2, 0.25) is 5.88 Å². The van der Waals surface area contributed by atoms with Gasteiger partial charge in [-0.3, -0.25) is 4.79 Å². The van der Waals surface area contributed by atoms with E-state index in [4.69, 9.17) is 30.9 Å². The fraction of sp³-hybridized carbons (Fsp3) is 0.267. The molecule has 0 saturated carbocycles. The van der Waals surface area contributed by atoms with Crippen LogP contribution in [-0.4, -0.2) is 47.0 Å². The zero-order chi connectivity index (χ0) is 27.4. The Hall–Kier alpha value is -3.88. The number of aryl methyl sites for hydroxylation is 1. The van der Waals surface area contributed by atoms with Crippen LogP contribution < -0.4 is 9.47 Å². The first-order valence-electron chi connectivity index (χ1n) is 12.7. The molecule has 0 radical (unpaired) electrons. The van der Waals surface area contributed by atoms with Gasteiger partial charge in [0, 0.05) is 29.8 Å². The summed E-state index contributed by atoms with van der Waals surface area (Å²) in [6, 6.07) is 20.2. The molecule has 4 aromatic rings. The molecule has 1 saturated heterocycles. The lowest BCUT2D eigenvalue weighted by molar-refractivity contribution is 0.0505. The van der Waals surface area contributed by atoms with Crippen LogP contribution in [0.4, 0.5) is 4.39 Å². The van der Waals surface area contributed by atoms with Crippen molar-refractivity contribution < 1.29 is 23.4 Å². The van der Waals surface area contributed by atoms with Crippen molar-refractivity contribution in [3.8, 4) is 23.1 Å². The van der Waals surface area contributed by atoms with Crippen LogP contribution in [-0.2, 0) is 11.3 Å². The van der Waals surface area contributed by atoms with E-state index in [1.165, 1.54) is 12.1 Å². The van der Waals surface area contributed by atoms with E-state index < -0.39 is 5.82 Å². The lowest BCUT2D eigenvalue weighted by atomic mass is 10.1. The van der Waals surface area contributed by atoms with Crippen molar-refractivity contribution >= 4 is 17.5 Å². The smallest absolute Gasteiger partial charge is 0.254 e. The molecular formula is C30H29ClFN3O4. The molecule has 9 heteroatoms. The molecule has 1 amide bonds. The van der Waals surface area contributed by atoms with Gasteiger partial charge in [-0.15, -0.1) is 0 Å². The Morgan fingerprint density at radius 3 is 2.62 bits per heavy atom. The minimum absolute atomic E-state index is 0.0706. The molecule has 1 atom stereocenters. The summed E-state index contributed by atoms with van der Waals surface area (Å²) in [5.74, 6) is 0.712. The zero-order valence-corrected chi connectivity index (χ0v) is 22.5. The molecule has 0 aliphatic carbocycles. The molecule has 0 spiro atoms. The van der Waals surface area contributed by atoms with Crippen molar-refractivity contribution in [1.82, 2.24) is 14.7 Å². The van der Waals surface area contributed by atoms with Crippen LogP contribution in [0.3, 0.4) is 0 Å². The molecule has 5 rings (SSSR count). The van der Waals surface area contributed by atoms with E-state index in [9.17, 15) is 9.18 Å². The van der Waals surface area contributed by atoms with Crippen molar-refractivity contribution in [2.24, 2.45) is 0 Å². The third-order valence-corrected chi connectivity index (χ3v) is 6.87. The van der Waals surface area contributed by atoms with Crippen LogP contribution in [0.25, 0.3) is 5.69 Å². The summed E-state index contributed by atoms with van der Waals surface area (Å²) in [7, 11) is 1.57. The summed E-state index contributed by atoms with van der Waals surface area (Å²) in [5, 5.41) is 5.32. The van der Waals surface area contributed by atoms with E-state index in [0.717, 1.165) is 12.8 Å². The Morgan fingerprint density at radius 1 is 1.13 bits per heavy atom. The van der Waals surface area contributed by atoms with Crippen LogP contribution in [0.1, 0.15) is 34.5 Å². The van der Waals surface area contributed by atoms with E-state index >= 15 is 0 Å². The first-order chi connectivity index (χ1) is 18.9. The second-order valence-electron chi connectivity index (χ2n) is 9.37. The molecule has 0 unspecified atom stereocenters. The molecule has 202 valence electrons. The lowest BCUT2D eigenvalue weighted by Gasteiger charge is -2.26. The largest absolute Gasteiger partial charge is 0.497 e. The van der Waals surface area contributed by atoms with Crippen molar-refractivity contribution in [1.29, 1.82) is 0 Å². The summed E-state index contributed by atoms with van der Waals surface area (Å²) in [6.07, 6.45) is 1.75. The Balaban J connectivity index is 1.56. The quantitative estimate of drug-likeness (QED) is 0.235. The summed E-state index contributed by atoms with van der Waals surface area (Å²) < 4.78 is 33.2. The number of nitrogens with zero attached hydrogens (tertiary/aromatic N) is 3. The van der Waals surface area contributed by atoms with Crippen LogP contribution in [0.2, 0.25) is 5.02 Å². The van der Waals surface area contributed by atoms with Gasteiger partial charge in [-0.2, -0.15) is 5.10 Å². The van der Waals surface area contributed by atoms with Gasteiger partial charge < -0.3 is 19.1 Å². The summed E-state index contributed by atoms with van der Waals surface area (Å²) in [4.78, 5) is 15.6. The minimum atomic E-state index is -0.420. The highest BCUT2D eigenvalue weighted by Gasteiger charge is 2.28. The highest BCUT2D eigenvalue weighted by Crippen LogP contribution is 2.33. The maximum atomic E-state index is 14.0. The van der Waals surface area contributed by atoms with Crippen molar-refractivity contribution in [3.63, 3.8) is 0 Å². The van der Waals surface area contributed by atoms with Crippen LogP contribution in [0.5, 0.6) is 17.4 Å². The van der Waals surface area contributed by atoms with E-state index in [2.05, 4.69) is 0 Å². The normalized spacial score (nSPS) is 14.8. The van der Waals surface area contributed by atoms with Gasteiger partial charge in [0.25, 0.3) is 5.91 Å². The standard InChI is InChI=1S/C30H29ClFN3O4/c1-20-28(19-34(18-27-10-5-15-38-27)29(36)21-6-3-8-25(16-21)37-2)30(39-26-9-4-7-23(32)17-26)35(33-20)24-13-11-22(31)12-14-24/h3-4,6-9,11-14,16-17,27H,5,10,15,18-19H2,1-2H3/t27-/m1/s1. The highest BCUT2D eigenvalue weighted by molar-refractivity contribution is 6.30. The lowest BCUT2D eigenvalue weighted by Crippen LogP contribution is -2.37. The number of amides is 1. The molecule has 7 nitrogen and oxygen atoms in total. The van der Waals surface area contributed by atoms with Crippen molar-refractivity contribution in [3.05, 3.63) is 100 Å². The molecule has 1 aromatic heterocycles. The Labute approximate surface area is 231 Å². The van der Waals surface area contributed by atoms with Gasteiger partial charge in [0.1, 0.15) is 17.3 Å². The van der Waals surface area contributed by atoms with Crippen LogP contribution in [0, 0.1) is 12.7 Å². The second-order valence-corrected chi connectivity index (χ2v) is 9.81. The predicted octanol–water partition coefficient (Wildman–Crippen LogP) is 6.60. The van der Waals surface area contributed by atoms with Gasteiger partial charge in [-0.1, -0.05) is 23.7 Å². The van der Waals surface area contributed by atoms with Crippen LogP contribution >= 0.6 is 11.6 Å². The summed E-state index contributed by atoms with van der Waals surface area (Å²) >= 11 is 6.12. The van der Waals surface area contributed by atoms with Crippen LogP contribution in [0.15, 0.2) is 72.8 Å². The fourth-order valence-electron chi connectivity index (χ4n) is 4.61. The van der Waals surface area contributed by atoms with Crippen molar-refractivity contribution in [2.45, 2.75) is 32.4 Å². The number of rotatable bonds is 9. The molecule has 0 N–H and O–H groups in total. The van der Waals surface area contributed by atoms with Gasteiger partial charge >= 0.3 is 0 Å². The molecular weight excluding hydrogens is 521 g/mol. The van der Waals surface area contributed by atoms with E-state index in [0.29, 0.717) is 58.1 Å². The van der Waals surface area contributed by atoms with Gasteiger partial charge in [-0.25, -0.2) is 9.07 Å². The van der Waals surface area contributed by atoms with E-state index in [1.54, 1.807) is 65.2 Å².